The van der Waals surface area contributed by atoms with Crippen LogP contribution in [0.1, 0.15) is 23.5 Å². The molecule has 0 unspecified atom stereocenters. The molecule has 1 aliphatic rings. The average molecular weight is 244 g/mol. The highest BCUT2D eigenvalue weighted by atomic mass is 16.5. The number of methoxy groups -OCH3 is 1. The number of hydrogen-bond acceptors (Lipinski definition) is 5. The Bertz CT molecular complexity index is 570. The lowest BCUT2D eigenvalue weighted by Crippen LogP contribution is -2.01. The van der Waals surface area contributed by atoms with Gasteiger partial charge in [-0.1, -0.05) is 0 Å². The molecule has 5 heteroatoms. The van der Waals surface area contributed by atoms with Crippen LogP contribution in [0.4, 0.5) is 0 Å². The Morgan fingerprint density at radius 3 is 2.61 bits per heavy atom. The molecule has 92 valence electrons. The lowest BCUT2D eigenvalue weighted by atomic mass is 10.2. The largest absolute Gasteiger partial charge is 0.497 e. The van der Waals surface area contributed by atoms with Crippen molar-refractivity contribution in [2.24, 2.45) is 5.92 Å². The van der Waals surface area contributed by atoms with Crippen LogP contribution in [0.15, 0.2) is 28.7 Å². The van der Waals surface area contributed by atoms with E-state index in [-0.39, 0.29) is 17.6 Å². The molecular weight excluding hydrogens is 232 g/mol. The second-order valence-corrected chi connectivity index (χ2v) is 4.28. The molecule has 0 radical (unpaired) electrons. The molecule has 0 N–H and O–H groups in total. The Morgan fingerprint density at radius 1 is 1.28 bits per heavy atom. The zero-order valence-electron chi connectivity index (χ0n) is 9.92. The Balaban J connectivity index is 1.85. The Kier molecular flexibility index (Phi) is 2.59. The fourth-order valence-electron chi connectivity index (χ4n) is 1.69. The number of Topliss-reactive ketones (excluding diaryl/α,β-unsaturated/α-hetero) is 1. The highest BCUT2D eigenvalue weighted by Gasteiger charge is 2.34. The minimum Gasteiger partial charge on any atom is -0.497 e. The molecular formula is C13H12N2O3. The van der Waals surface area contributed by atoms with Crippen LogP contribution in [0.3, 0.4) is 0 Å². The number of nitrogens with zero attached hydrogens (tertiary/aromatic N) is 2. The standard InChI is InChI=1S/C13H12N2O3/c1-17-10-6-4-9(5-7-10)12-14-15-13(18-12)11(16)8-2-3-8/h4-8H,2-3H2,1H3. The SMILES string of the molecule is COc1ccc(-c2nnc(C(=O)C3CC3)o2)cc1. The van der Waals surface area contributed by atoms with E-state index in [4.69, 9.17) is 9.15 Å². The molecule has 0 bridgehead atoms. The highest BCUT2D eigenvalue weighted by Crippen LogP contribution is 2.32. The topological polar surface area (TPSA) is 65.2 Å². The summed E-state index contributed by atoms with van der Waals surface area (Å²) in [6.07, 6.45) is 1.86. The van der Waals surface area contributed by atoms with E-state index in [1.165, 1.54) is 0 Å². The maximum Gasteiger partial charge on any atom is 0.284 e. The van der Waals surface area contributed by atoms with Gasteiger partial charge >= 0.3 is 0 Å². The van der Waals surface area contributed by atoms with Crippen molar-refractivity contribution in [1.29, 1.82) is 0 Å². The van der Waals surface area contributed by atoms with Crippen molar-refractivity contribution in [2.75, 3.05) is 7.11 Å². The van der Waals surface area contributed by atoms with Gasteiger partial charge in [0.25, 0.3) is 5.89 Å². The van der Waals surface area contributed by atoms with E-state index in [1.54, 1.807) is 7.11 Å². The zero-order valence-corrected chi connectivity index (χ0v) is 9.92. The lowest BCUT2D eigenvalue weighted by Gasteiger charge is -1.99. The van der Waals surface area contributed by atoms with E-state index in [1.807, 2.05) is 24.3 Å². The fraction of sp³-hybridized carbons (Fsp3) is 0.308. The second-order valence-electron chi connectivity index (χ2n) is 4.28. The van der Waals surface area contributed by atoms with Gasteiger partial charge < -0.3 is 9.15 Å². The molecule has 18 heavy (non-hydrogen) atoms. The van der Waals surface area contributed by atoms with Gasteiger partial charge in [0.05, 0.1) is 7.11 Å². The summed E-state index contributed by atoms with van der Waals surface area (Å²) < 4.78 is 10.5. The number of ether oxygens (including phenoxy) is 1. The molecule has 1 fully saturated rings. The molecule has 2 aromatic rings. The third-order valence-electron chi connectivity index (χ3n) is 2.92. The van der Waals surface area contributed by atoms with E-state index in [0.717, 1.165) is 24.2 Å². The van der Waals surface area contributed by atoms with Crippen LogP contribution < -0.4 is 4.74 Å². The third kappa shape index (κ3) is 1.99. The predicted octanol–water partition coefficient (Wildman–Crippen LogP) is 2.34. The van der Waals surface area contributed by atoms with E-state index in [9.17, 15) is 4.79 Å². The number of benzene rings is 1. The first-order chi connectivity index (χ1) is 8.78. The van der Waals surface area contributed by atoms with Crippen molar-refractivity contribution in [2.45, 2.75) is 12.8 Å². The first kappa shape index (κ1) is 11.0. The van der Waals surface area contributed by atoms with Gasteiger partial charge in [-0.25, -0.2) is 0 Å². The normalized spacial score (nSPS) is 14.5. The molecule has 1 heterocycles. The van der Waals surface area contributed by atoms with E-state index >= 15 is 0 Å². The van der Waals surface area contributed by atoms with Crippen molar-refractivity contribution >= 4 is 5.78 Å². The van der Waals surface area contributed by atoms with Crippen LogP contribution in [0.5, 0.6) is 5.75 Å². The molecule has 0 amide bonds. The Hall–Kier alpha value is -2.17. The minimum absolute atomic E-state index is 0.0396. The van der Waals surface area contributed by atoms with Crippen molar-refractivity contribution in [3.8, 4) is 17.2 Å². The van der Waals surface area contributed by atoms with Gasteiger partial charge in [-0.05, 0) is 37.1 Å². The van der Waals surface area contributed by atoms with Crippen molar-refractivity contribution in [3.05, 3.63) is 30.2 Å². The Morgan fingerprint density at radius 2 is 2.00 bits per heavy atom. The number of aromatic nitrogens is 2. The van der Waals surface area contributed by atoms with E-state index in [2.05, 4.69) is 10.2 Å². The van der Waals surface area contributed by atoms with Crippen molar-refractivity contribution in [1.82, 2.24) is 10.2 Å². The van der Waals surface area contributed by atoms with Gasteiger partial charge in [-0.2, -0.15) is 0 Å². The quantitative estimate of drug-likeness (QED) is 0.772. The molecule has 1 aliphatic carbocycles. The van der Waals surface area contributed by atoms with Gasteiger partial charge in [0, 0.05) is 11.5 Å². The maximum atomic E-state index is 11.7. The molecule has 1 aromatic carbocycles. The summed E-state index contributed by atoms with van der Waals surface area (Å²) in [5.74, 6) is 1.29. The van der Waals surface area contributed by atoms with Gasteiger partial charge in [-0.15, -0.1) is 10.2 Å². The third-order valence-corrected chi connectivity index (χ3v) is 2.92. The summed E-state index contributed by atoms with van der Waals surface area (Å²) in [6.45, 7) is 0. The first-order valence-electron chi connectivity index (χ1n) is 5.80. The van der Waals surface area contributed by atoms with E-state index in [0.29, 0.717) is 5.89 Å². The number of carbonyl (C=O) groups is 1. The lowest BCUT2D eigenvalue weighted by molar-refractivity contribution is 0.0934. The number of ketones is 1. The fourth-order valence-corrected chi connectivity index (χ4v) is 1.69. The van der Waals surface area contributed by atoms with Crippen LogP contribution in [0.25, 0.3) is 11.5 Å². The summed E-state index contributed by atoms with van der Waals surface area (Å²) in [6, 6.07) is 7.25. The summed E-state index contributed by atoms with van der Waals surface area (Å²) in [4.78, 5) is 11.7. The molecule has 0 spiro atoms. The minimum atomic E-state index is -0.0396. The van der Waals surface area contributed by atoms with E-state index < -0.39 is 0 Å². The Labute approximate surface area is 104 Å². The number of carbonyl (C=O) groups excluding carboxylic acids is 1. The highest BCUT2D eigenvalue weighted by molar-refractivity contribution is 5.95. The van der Waals surface area contributed by atoms with Crippen LogP contribution >= 0.6 is 0 Å². The molecule has 0 aliphatic heterocycles. The van der Waals surface area contributed by atoms with Gasteiger partial charge in [-0.3, -0.25) is 4.79 Å². The second kappa shape index (κ2) is 4.25. The number of rotatable bonds is 4. The molecule has 5 nitrogen and oxygen atoms in total. The summed E-state index contributed by atoms with van der Waals surface area (Å²) >= 11 is 0. The van der Waals surface area contributed by atoms with Crippen LogP contribution in [0, 0.1) is 5.92 Å². The summed E-state index contributed by atoms with van der Waals surface area (Å²) in [5, 5.41) is 7.69. The van der Waals surface area contributed by atoms with Gasteiger partial charge in [0.1, 0.15) is 5.75 Å². The van der Waals surface area contributed by atoms with Crippen molar-refractivity contribution in [3.63, 3.8) is 0 Å². The zero-order chi connectivity index (χ0) is 12.5. The average Bonchev–Trinajstić information content (AvgIpc) is 3.15. The summed E-state index contributed by atoms with van der Waals surface area (Å²) in [5.41, 5.74) is 0.776. The maximum absolute atomic E-state index is 11.7. The van der Waals surface area contributed by atoms with Crippen LogP contribution in [-0.2, 0) is 0 Å². The van der Waals surface area contributed by atoms with Crippen molar-refractivity contribution < 1.29 is 13.9 Å². The molecule has 1 aromatic heterocycles. The molecule has 1 saturated carbocycles. The monoisotopic (exact) mass is 244 g/mol. The first-order valence-corrected chi connectivity index (χ1v) is 5.80. The van der Waals surface area contributed by atoms with Crippen LogP contribution in [0.2, 0.25) is 0 Å². The van der Waals surface area contributed by atoms with Gasteiger partial charge in [0.15, 0.2) is 0 Å². The van der Waals surface area contributed by atoms with Crippen LogP contribution in [-0.4, -0.2) is 23.1 Å². The number of hydrogen-bond donors (Lipinski definition) is 0. The molecule has 0 saturated heterocycles. The molecule has 0 atom stereocenters. The van der Waals surface area contributed by atoms with Gasteiger partial charge in [0.2, 0.25) is 11.7 Å². The predicted molar refractivity (Wildman–Crippen MR) is 63.3 cm³/mol. The molecule has 3 rings (SSSR count). The summed E-state index contributed by atoms with van der Waals surface area (Å²) in [7, 11) is 1.61. The smallest absolute Gasteiger partial charge is 0.284 e.